The molecule has 0 bridgehead atoms. The molecule has 0 saturated heterocycles. The molecule has 0 N–H and O–H groups in total. The zero-order valence-electron chi connectivity index (χ0n) is 18.8. The molecular formula is C25H38O4. The molecule has 0 heterocycles. The van der Waals surface area contributed by atoms with E-state index >= 15 is 0 Å². The highest BCUT2D eigenvalue weighted by Crippen LogP contribution is 2.66. The lowest BCUT2D eigenvalue weighted by Crippen LogP contribution is -2.51. The number of ether oxygens (including phenoxy) is 2. The van der Waals surface area contributed by atoms with Gasteiger partial charge in [-0.05, 0) is 80.5 Å². The summed E-state index contributed by atoms with van der Waals surface area (Å²) in [6.45, 7) is 10.1. The number of hydrogen-bond acceptors (Lipinski definition) is 4. The van der Waals surface area contributed by atoms with Crippen molar-refractivity contribution in [3.8, 4) is 0 Å². The molecule has 29 heavy (non-hydrogen) atoms. The maximum absolute atomic E-state index is 11.5. The summed E-state index contributed by atoms with van der Waals surface area (Å²) in [7, 11) is 0. The van der Waals surface area contributed by atoms with Crippen LogP contribution >= 0.6 is 0 Å². The second-order valence-electron chi connectivity index (χ2n) is 10.8. The van der Waals surface area contributed by atoms with Gasteiger partial charge in [-0.1, -0.05) is 25.5 Å². The second-order valence-corrected chi connectivity index (χ2v) is 10.8. The van der Waals surface area contributed by atoms with Crippen LogP contribution in [0.15, 0.2) is 11.6 Å². The molecule has 8 atom stereocenters. The van der Waals surface area contributed by atoms with Crippen LogP contribution in [-0.2, 0) is 19.1 Å². The van der Waals surface area contributed by atoms with Gasteiger partial charge in [0, 0.05) is 26.2 Å². The number of allylic oxidation sites excluding steroid dienone is 1. The molecule has 162 valence electrons. The van der Waals surface area contributed by atoms with E-state index in [1.54, 1.807) is 5.57 Å². The average molecular weight is 403 g/mol. The van der Waals surface area contributed by atoms with Crippen molar-refractivity contribution in [2.24, 2.45) is 34.5 Å². The maximum Gasteiger partial charge on any atom is 0.302 e. The van der Waals surface area contributed by atoms with Crippen molar-refractivity contribution in [3.05, 3.63) is 11.6 Å². The molecule has 0 radical (unpaired) electrons. The zero-order chi connectivity index (χ0) is 21.0. The average Bonchev–Trinajstić information content (AvgIpc) is 2.98. The van der Waals surface area contributed by atoms with Gasteiger partial charge in [-0.2, -0.15) is 0 Å². The lowest BCUT2D eigenvalue weighted by atomic mass is 9.47. The lowest BCUT2D eigenvalue weighted by Gasteiger charge is -2.58. The van der Waals surface area contributed by atoms with Crippen LogP contribution in [0.3, 0.4) is 0 Å². The SMILES string of the molecule is CC(=O)OC(C)[C@H]1CCC2C3CC=C4C[C@@H](OC(C)=O)CC[C@]4(C)C3CC[C@@]21C. The topological polar surface area (TPSA) is 52.6 Å². The van der Waals surface area contributed by atoms with E-state index in [1.807, 2.05) is 0 Å². The van der Waals surface area contributed by atoms with Crippen LogP contribution in [0.25, 0.3) is 0 Å². The van der Waals surface area contributed by atoms with Gasteiger partial charge in [0.25, 0.3) is 0 Å². The summed E-state index contributed by atoms with van der Waals surface area (Å²) in [6.07, 6.45) is 11.8. The quantitative estimate of drug-likeness (QED) is 0.465. The minimum absolute atomic E-state index is 0.0171. The first-order chi connectivity index (χ1) is 13.6. The number of carbonyl (C=O) groups excluding carboxylic acids is 2. The third-order valence-electron chi connectivity index (χ3n) is 9.38. The Kier molecular flexibility index (Phi) is 5.36. The van der Waals surface area contributed by atoms with Crippen molar-refractivity contribution < 1.29 is 19.1 Å². The van der Waals surface area contributed by atoms with Gasteiger partial charge in [-0.3, -0.25) is 9.59 Å². The van der Waals surface area contributed by atoms with Crippen LogP contribution in [0.1, 0.15) is 86.0 Å². The Balaban J connectivity index is 1.54. The maximum atomic E-state index is 11.5. The molecule has 0 aromatic rings. The molecule has 0 amide bonds. The van der Waals surface area contributed by atoms with E-state index in [4.69, 9.17) is 9.47 Å². The lowest BCUT2D eigenvalue weighted by molar-refractivity contribution is -0.153. The normalized spacial score (nSPS) is 44.6. The van der Waals surface area contributed by atoms with Gasteiger partial charge in [0.2, 0.25) is 0 Å². The molecule has 4 aliphatic carbocycles. The Morgan fingerprint density at radius 2 is 1.79 bits per heavy atom. The van der Waals surface area contributed by atoms with Crippen molar-refractivity contribution in [2.45, 2.75) is 98.2 Å². The van der Waals surface area contributed by atoms with Gasteiger partial charge >= 0.3 is 11.9 Å². The highest BCUT2D eigenvalue weighted by molar-refractivity contribution is 5.66. The first-order valence-corrected chi connectivity index (χ1v) is 11.7. The van der Waals surface area contributed by atoms with Crippen LogP contribution < -0.4 is 0 Å². The van der Waals surface area contributed by atoms with E-state index in [0.717, 1.165) is 43.4 Å². The molecule has 4 unspecified atom stereocenters. The number of fused-ring (bicyclic) bond motifs is 5. The van der Waals surface area contributed by atoms with Crippen molar-refractivity contribution in [1.29, 1.82) is 0 Å². The van der Waals surface area contributed by atoms with Gasteiger partial charge in [-0.25, -0.2) is 0 Å². The van der Waals surface area contributed by atoms with Gasteiger partial charge in [0.1, 0.15) is 12.2 Å². The minimum atomic E-state index is -0.153. The molecule has 4 aliphatic rings. The molecule has 4 nitrogen and oxygen atoms in total. The highest BCUT2D eigenvalue weighted by atomic mass is 16.5. The molecule has 0 aromatic carbocycles. The predicted octanol–water partition coefficient (Wildman–Crippen LogP) is 5.45. The third-order valence-corrected chi connectivity index (χ3v) is 9.38. The van der Waals surface area contributed by atoms with Crippen LogP contribution in [0, 0.1) is 34.5 Å². The molecular weight excluding hydrogens is 364 g/mol. The molecule has 4 rings (SSSR count). The van der Waals surface area contributed by atoms with Gasteiger partial charge in [0.15, 0.2) is 0 Å². The number of carbonyl (C=O) groups is 2. The van der Waals surface area contributed by atoms with E-state index in [-0.39, 0.29) is 35.0 Å². The fourth-order valence-electron chi connectivity index (χ4n) is 8.12. The van der Waals surface area contributed by atoms with Crippen LogP contribution in [-0.4, -0.2) is 24.1 Å². The minimum Gasteiger partial charge on any atom is -0.463 e. The molecule has 4 heteroatoms. The number of rotatable bonds is 3. The van der Waals surface area contributed by atoms with E-state index in [0.29, 0.717) is 5.92 Å². The molecule has 0 aromatic heterocycles. The fraction of sp³-hybridized carbons (Fsp3) is 0.840. The smallest absolute Gasteiger partial charge is 0.302 e. The van der Waals surface area contributed by atoms with Gasteiger partial charge < -0.3 is 9.47 Å². The van der Waals surface area contributed by atoms with Crippen molar-refractivity contribution in [3.63, 3.8) is 0 Å². The van der Waals surface area contributed by atoms with Crippen LogP contribution in [0.4, 0.5) is 0 Å². The summed E-state index contributed by atoms with van der Waals surface area (Å²) < 4.78 is 11.2. The van der Waals surface area contributed by atoms with E-state index in [9.17, 15) is 9.59 Å². The van der Waals surface area contributed by atoms with Crippen LogP contribution in [0.5, 0.6) is 0 Å². The van der Waals surface area contributed by atoms with Gasteiger partial charge in [-0.15, -0.1) is 0 Å². The Bertz CT molecular complexity index is 712. The largest absolute Gasteiger partial charge is 0.463 e. The standard InChI is InChI=1S/C25H38O4/c1-15(28-16(2)26)21-8-9-22-20-7-6-18-14-19(29-17(3)27)10-12-24(18,4)23(20)11-13-25(21,22)5/h6,15,19-23H,7-14H2,1-5H3/t15?,19-,20?,21+,22?,23?,24-,25+/m0/s1. The summed E-state index contributed by atoms with van der Waals surface area (Å²) >= 11 is 0. The summed E-state index contributed by atoms with van der Waals surface area (Å²) in [5.41, 5.74) is 2.09. The summed E-state index contributed by atoms with van der Waals surface area (Å²) in [5.74, 6) is 2.38. The second kappa shape index (κ2) is 7.42. The number of hydrogen-bond donors (Lipinski definition) is 0. The first-order valence-electron chi connectivity index (χ1n) is 11.7. The molecule has 3 saturated carbocycles. The van der Waals surface area contributed by atoms with Crippen molar-refractivity contribution in [2.75, 3.05) is 0 Å². The summed E-state index contributed by atoms with van der Waals surface area (Å²) in [6, 6.07) is 0. The van der Waals surface area contributed by atoms with E-state index in [2.05, 4.69) is 26.8 Å². The third kappa shape index (κ3) is 3.45. The van der Waals surface area contributed by atoms with Crippen molar-refractivity contribution >= 4 is 11.9 Å². The van der Waals surface area contributed by atoms with E-state index in [1.165, 1.54) is 39.5 Å². The Labute approximate surface area is 175 Å². The molecule has 3 fully saturated rings. The highest BCUT2D eigenvalue weighted by Gasteiger charge is 2.59. The van der Waals surface area contributed by atoms with Crippen molar-refractivity contribution in [1.82, 2.24) is 0 Å². The predicted molar refractivity (Wildman–Crippen MR) is 112 cm³/mol. The Morgan fingerprint density at radius 3 is 2.48 bits per heavy atom. The summed E-state index contributed by atoms with van der Waals surface area (Å²) in [4.78, 5) is 23.0. The zero-order valence-corrected chi connectivity index (χ0v) is 18.8. The Hall–Kier alpha value is -1.32. The monoisotopic (exact) mass is 402 g/mol. The molecule has 0 aliphatic heterocycles. The first kappa shape index (κ1) is 20.9. The Morgan fingerprint density at radius 1 is 1.03 bits per heavy atom. The van der Waals surface area contributed by atoms with E-state index < -0.39 is 0 Å². The summed E-state index contributed by atoms with van der Waals surface area (Å²) in [5, 5.41) is 0. The fourth-order valence-corrected chi connectivity index (χ4v) is 8.12. The number of esters is 2. The molecule has 0 spiro atoms. The van der Waals surface area contributed by atoms with Gasteiger partial charge in [0.05, 0.1) is 0 Å². The van der Waals surface area contributed by atoms with Crippen LogP contribution in [0.2, 0.25) is 0 Å².